The van der Waals surface area contributed by atoms with E-state index in [1.165, 1.54) is 11.3 Å². The maximum Gasteiger partial charge on any atom is 0.231 e. The molecule has 0 aromatic carbocycles. The molecule has 0 bridgehead atoms. The van der Waals surface area contributed by atoms with Gasteiger partial charge in [0.25, 0.3) is 0 Å². The van der Waals surface area contributed by atoms with E-state index >= 15 is 0 Å². The van der Waals surface area contributed by atoms with E-state index in [9.17, 15) is 4.79 Å². The number of nitrogens with zero attached hydrogens (tertiary/aromatic N) is 5. The number of likely N-dealkylation sites (tertiary alicyclic amines) is 1. The molecule has 1 saturated heterocycles. The number of aromatic nitrogens is 4. The van der Waals surface area contributed by atoms with Gasteiger partial charge in [-0.1, -0.05) is 11.3 Å². The van der Waals surface area contributed by atoms with Crippen LogP contribution in [0.25, 0.3) is 0 Å². The van der Waals surface area contributed by atoms with Crippen LogP contribution in [0.15, 0.2) is 6.07 Å². The maximum atomic E-state index is 10.9. The van der Waals surface area contributed by atoms with Crippen LogP contribution < -0.4 is 11.1 Å². The molecule has 2 aromatic heterocycles. The van der Waals surface area contributed by atoms with Crippen molar-refractivity contribution < 1.29 is 4.79 Å². The average Bonchev–Trinajstić information content (AvgIpc) is 2.77. The van der Waals surface area contributed by atoms with Gasteiger partial charge in [0.15, 0.2) is 0 Å². The van der Waals surface area contributed by atoms with Crippen molar-refractivity contribution in [3.05, 3.63) is 22.6 Å². The zero-order chi connectivity index (χ0) is 15.7. The summed E-state index contributed by atoms with van der Waals surface area (Å²) >= 11 is 1.48. The Morgan fingerprint density at radius 2 is 2.18 bits per heavy atom. The molecule has 3 N–H and O–H groups in total. The first-order valence-electron chi connectivity index (χ1n) is 6.93. The Hall–Kier alpha value is -2.13. The maximum absolute atomic E-state index is 10.9. The highest BCUT2D eigenvalue weighted by Crippen LogP contribution is 2.27. The normalized spacial score (nSPS) is 15.5. The standard InChI is InChI=1S/C13H17N7OS/c1-7-15-10(9-4-20(5-9)6-11(14)21)3-12(16-7)17-13-19-18-8(2)22-13/h3,9H,4-6H2,1-2H3,(H2,14,21)(H,15,16,17,19). The van der Waals surface area contributed by atoms with Gasteiger partial charge in [-0.2, -0.15) is 0 Å². The predicted molar refractivity (Wildman–Crippen MR) is 83.1 cm³/mol. The van der Waals surface area contributed by atoms with Crippen molar-refractivity contribution in [2.75, 3.05) is 25.0 Å². The van der Waals surface area contributed by atoms with Crippen LogP contribution in [-0.2, 0) is 4.79 Å². The summed E-state index contributed by atoms with van der Waals surface area (Å²) in [5, 5.41) is 12.8. The molecule has 0 unspecified atom stereocenters. The molecule has 1 aliphatic heterocycles. The zero-order valence-electron chi connectivity index (χ0n) is 12.4. The Labute approximate surface area is 131 Å². The Bertz CT molecular complexity index is 695. The van der Waals surface area contributed by atoms with E-state index in [-0.39, 0.29) is 5.91 Å². The molecule has 2 aromatic rings. The molecule has 22 heavy (non-hydrogen) atoms. The lowest BCUT2D eigenvalue weighted by Crippen LogP contribution is -2.48. The third kappa shape index (κ3) is 3.37. The minimum atomic E-state index is -0.300. The van der Waals surface area contributed by atoms with Crippen molar-refractivity contribution >= 4 is 28.2 Å². The van der Waals surface area contributed by atoms with Gasteiger partial charge in [-0.25, -0.2) is 9.97 Å². The van der Waals surface area contributed by atoms with Gasteiger partial charge in [0.2, 0.25) is 11.0 Å². The second-order valence-electron chi connectivity index (χ2n) is 5.33. The number of amides is 1. The number of rotatable bonds is 5. The van der Waals surface area contributed by atoms with Crippen molar-refractivity contribution in [2.24, 2.45) is 5.73 Å². The molecule has 8 nitrogen and oxygen atoms in total. The second kappa shape index (κ2) is 5.93. The molecule has 116 valence electrons. The summed E-state index contributed by atoms with van der Waals surface area (Å²) in [7, 11) is 0. The van der Waals surface area contributed by atoms with Crippen molar-refractivity contribution in [3.8, 4) is 0 Å². The van der Waals surface area contributed by atoms with Crippen LogP contribution in [0.5, 0.6) is 0 Å². The number of nitrogens with two attached hydrogens (primary N) is 1. The number of nitrogens with one attached hydrogen (secondary N) is 1. The molecule has 3 heterocycles. The van der Waals surface area contributed by atoms with Gasteiger partial charge < -0.3 is 11.1 Å². The highest BCUT2D eigenvalue weighted by atomic mass is 32.1. The lowest BCUT2D eigenvalue weighted by atomic mass is 9.96. The molecule has 0 spiro atoms. The molecule has 0 aliphatic carbocycles. The molecule has 0 atom stereocenters. The van der Waals surface area contributed by atoms with Crippen LogP contribution in [0.1, 0.15) is 22.4 Å². The fourth-order valence-electron chi connectivity index (χ4n) is 2.43. The first kappa shape index (κ1) is 14.8. The third-order valence-corrected chi connectivity index (χ3v) is 4.13. The Balaban J connectivity index is 1.70. The van der Waals surface area contributed by atoms with Gasteiger partial charge in [0.1, 0.15) is 16.6 Å². The first-order valence-corrected chi connectivity index (χ1v) is 7.74. The number of primary amides is 1. The van der Waals surface area contributed by atoms with E-state index < -0.39 is 0 Å². The van der Waals surface area contributed by atoms with E-state index in [1.807, 2.05) is 24.8 Å². The Morgan fingerprint density at radius 1 is 1.41 bits per heavy atom. The van der Waals surface area contributed by atoms with E-state index in [4.69, 9.17) is 5.73 Å². The predicted octanol–water partition coefficient (Wildman–Crippen LogP) is 0.573. The first-order chi connectivity index (χ1) is 10.5. The number of anilines is 2. The number of carbonyl (C=O) groups excluding carboxylic acids is 1. The summed E-state index contributed by atoms with van der Waals surface area (Å²) in [6.45, 7) is 5.64. The Morgan fingerprint density at radius 3 is 2.82 bits per heavy atom. The van der Waals surface area contributed by atoms with E-state index in [0.29, 0.717) is 29.2 Å². The Kier molecular flexibility index (Phi) is 3.99. The third-order valence-electron chi connectivity index (χ3n) is 3.37. The fraction of sp³-hybridized carbons (Fsp3) is 0.462. The largest absolute Gasteiger partial charge is 0.369 e. The van der Waals surface area contributed by atoms with Gasteiger partial charge in [0.05, 0.1) is 12.2 Å². The summed E-state index contributed by atoms with van der Waals surface area (Å²) in [5.74, 6) is 1.42. The number of hydrogen-bond acceptors (Lipinski definition) is 8. The molecule has 1 amide bonds. The monoisotopic (exact) mass is 319 g/mol. The van der Waals surface area contributed by atoms with Crippen LogP contribution in [0.4, 0.5) is 10.9 Å². The van der Waals surface area contributed by atoms with Gasteiger partial charge in [-0.3, -0.25) is 9.69 Å². The fourth-order valence-corrected chi connectivity index (χ4v) is 3.03. The van der Waals surface area contributed by atoms with Gasteiger partial charge in [-0.15, -0.1) is 10.2 Å². The SMILES string of the molecule is Cc1nc(Nc2nnc(C)s2)cc(C2CN(CC(N)=O)C2)n1. The van der Waals surface area contributed by atoms with Crippen LogP contribution in [-0.4, -0.2) is 50.6 Å². The molecule has 0 radical (unpaired) electrons. The van der Waals surface area contributed by atoms with Crippen molar-refractivity contribution in [2.45, 2.75) is 19.8 Å². The number of carbonyl (C=O) groups is 1. The molecule has 3 rings (SSSR count). The molecular weight excluding hydrogens is 302 g/mol. The van der Waals surface area contributed by atoms with E-state index in [2.05, 4.69) is 25.5 Å². The smallest absolute Gasteiger partial charge is 0.231 e. The van der Waals surface area contributed by atoms with Gasteiger partial charge in [0, 0.05) is 25.1 Å². The highest BCUT2D eigenvalue weighted by molar-refractivity contribution is 7.15. The summed E-state index contributed by atoms with van der Waals surface area (Å²) in [5.41, 5.74) is 6.16. The van der Waals surface area contributed by atoms with Crippen molar-refractivity contribution in [1.29, 1.82) is 0 Å². The molecule has 9 heteroatoms. The highest BCUT2D eigenvalue weighted by Gasteiger charge is 2.30. The van der Waals surface area contributed by atoms with Crippen molar-refractivity contribution in [3.63, 3.8) is 0 Å². The second-order valence-corrected chi connectivity index (χ2v) is 6.52. The lowest BCUT2D eigenvalue weighted by Gasteiger charge is -2.38. The van der Waals surface area contributed by atoms with Gasteiger partial charge in [-0.05, 0) is 13.8 Å². The van der Waals surface area contributed by atoms with E-state index in [1.54, 1.807) is 0 Å². The number of aryl methyl sites for hydroxylation is 2. The summed E-state index contributed by atoms with van der Waals surface area (Å²) in [6.07, 6.45) is 0. The topological polar surface area (TPSA) is 110 Å². The number of hydrogen-bond donors (Lipinski definition) is 2. The molecule has 1 fully saturated rings. The minimum absolute atomic E-state index is 0.300. The molecule has 0 saturated carbocycles. The lowest BCUT2D eigenvalue weighted by molar-refractivity contribution is -0.120. The summed E-state index contributed by atoms with van der Waals surface area (Å²) in [4.78, 5) is 21.8. The van der Waals surface area contributed by atoms with Crippen LogP contribution in [0.3, 0.4) is 0 Å². The van der Waals surface area contributed by atoms with Gasteiger partial charge >= 0.3 is 0 Å². The molecule has 1 aliphatic rings. The summed E-state index contributed by atoms with van der Waals surface area (Å²) in [6, 6.07) is 1.93. The van der Waals surface area contributed by atoms with Crippen LogP contribution in [0.2, 0.25) is 0 Å². The van der Waals surface area contributed by atoms with E-state index in [0.717, 1.165) is 23.8 Å². The minimum Gasteiger partial charge on any atom is -0.369 e. The van der Waals surface area contributed by atoms with Crippen molar-refractivity contribution in [1.82, 2.24) is 25.1 Å². The summed E-state index contributed by atoms with van der Waals surface area (Å²) < 4.78 is 0. The zero-order valence-corrected chi connectivity index (χ0v) is 13.2. The average molecular weight is 319 g/mol. The van der Waals surface area contributed by atoms with Crippen LogP contribution >= 0.6 is 11.3 Å². The van der Waals surface area contributed by atoms with Crippen LogP contribution in [0, 0.1) is 13.8 Å². The molecular formula is C13H17N7OS. The quantitative estimate of drug-likeness (QED) is 0.829.